The summed E-state index contributed by atoms with van der Waals surface area (Å²) in [6.07, 6.45) is 4.75. The highest BCUT2D eigenvalue weighted by Gasteiger charge is 2.54. The molecule has 4 aliphatic heterocycles. The van der Waals surface area contributed by atoms with Crippen LogP contribution in [-0.4, -0.2) is 57.6 Å². The molecule has 4 fully saturated rings. The minimum atomic E-state index is -0.210. The van der Waals surface area contributed by atoms with Gasteiger partial charge in [-0.3, -0.25) is 14.8 Å². The molecule has 5 heterocycles. The summed E-state index contributed by atoms with van der Waals surface area (Å²) in [7, 11) is 0. The van der Waals surface area contributed by atoms with Gasteiger partial charge in [-0.05, 0) is 56.0 Å². The number of aromatic nitrogens is 2. The molecule has 0 saturated carbocycles. The Kier molecular flexibility index (Phi) is 4.04. The average Bonchev–Trinajstić information content (AvgIpc) is 3.35. The maximum atomic E-state index is 13.4. The van der Waals surface area contributed by atoms with Crippen LogP contribution in [0.4, 0.5) is 4.39 Å². The standard InChI is InChI=1S/C21H25FN4O/c1-2-18-16(11-23-24-18)21(27)26-12-17(13-3-5-15(22)6-4-13)20-19(26)14-7-9-25(20)10-8-14/h3-6,11,14,17,19-20H,2,7-10,12H2,1H3,(H,23,24)/t17-,19+,20+/m0/s1. The van der Waals surface area contributed by atoms with E-state index in [1.807, 2.05) is 19.1 Å². The van der Waals surface area contributed by atoms with Crippen LogP contribution in [0.1, 0.15) is 47.3 Å². The predicted octanol–water partition coefficient (Wildman–Crippen LogP) is 2.81. The maximum Gasteiger partial charge on any atom is 0.257 e. The third-order valence-corrected chi connectivity index (χ3v) is 6.86. The van der Waals surface area contributed by atoms with Gasteiger partial charge in [0.15, 0.2) is 0 Å². The number of piperidine rings is 3. The molecule has 6 heteroatoms. The lowest BCUT2D eigenvalue weighted by Gasteiger charge is -2.51. The molecule has 0 unspecified atom stereocenters. The van der Waals surface area contributed by atoms with Crippen molar-refractivity contribution in [3.05, 3.63) is 53.1 Å². The zero-order valence-electron chi connectivity index (χ0n) is 15.6. The number of H-pyrrole nitrogens is 1. The largest absolute Gasteiger partial charge is 0.333 e. The minimum Gasteiger partial charge on any atom is -0.333 e. The van der Waals surface area contributed by atoms with Gasteiger partial charge < -0.3 is 4.90 Å². The van der Waals surface area contributed by atoms with E-state index in [4.69, 9.17) is 0 Å². The first-order chi connectivity index (χ1) is 13.2. The van der Waals surface area contributed by atoms with Gasteiger partial charge >= 0.3 is 0 Å². The molecule has 4 saturated heterocycles. The van der Waals surface area contributed by atoms with E-state index in [1.54, 1.807) is 6.20 Å². The van der Waals surface area contributed by atoms with Gasteiger partial charge in [-0.1, -0.05) is 19.1 Å². The van der Waals surface area contributed by atoms with E-state index in [-0.39, 0.29) is 23.7 Å². The van der Waals surface area contributed by atoms with Gasteiger partial charge in [0, 0.05) is 24.2 Å². The van der Waals surface area contributed by atoms with E-state index >= 15 is 0 Å². The molecule has 5 nitrogen and oxygen atoms in total. The molecule has 2 aromatic rings. The Balaban J connectivity index is 1.52. The summed E-state index contributed by atoms with van der Waals surface area (Å²) in [6, 6.07) is 7.44. The monoisotopic (exact) mass is 368 g/mol. The van der Waals surface area contributed by atoms with Crippen molar-refractivity contribution in [1.82, 2.24) is 20.0 Å². The molecule has 0 aliphatic carbocycles. The lowest BCUT2D eigenvalue weighted by molar-refractivity contribution is -0.00343. The fourth-order valence-corrected chi connectivity index (χ4v) is 5.58. The molecule has 0 radical (unpaired) electrons. The SMILES string of the molecule is CCc1[nH]ncc1C(=O)N1C[C@@H](c2ccc(F)cc2)[C@@H]2[C@H]1C1CCN2CC1. The lowest BCUT2D eigenvalue weighted by atomic mass is 9.75. The summed E-state index contributed by atoms with van der Waals surface area (Å²) in [4.78, 5) is 18.1. The first kappa shape index (κ1) is 16.9. The third kappa shape index (κ3) is 2.61. The van der Waals surface area contributed by atoms with Gasteiger partial charge in [0.2, 0.25) is 0 Å². The van der Waals surface area contributed by atoms with E-state index in [9.17, 15) is 9.18 Å². The van der Waals surface area contributed by atoms with Crippen LogP contribution in [0.25, 0.3) is 0 Å². The van der Waals surface area contributed by atoms with Gasteiger partial charge in [0.1, 0.15) is 5.82 Å². The van der Waals surface area contributed by atoms with Crippen LogP contribution in [0.3, 0.4) is 0 Å². The number of carbonyl (C=O) groups excluding carboxylic acids is 1. The van der Waals surface area contributed by atoms with Gasteiger partial charge in [-0.25, -0.2) is 4.39 Å². The van der Waals surface area contributed by atoms with E-state index in [1.165, 1.54) is 12.1 Å². The number of hydrogen-bond donors (Lipinski definition) is 1. The van der Waals surface area contributed by atoms with Gasteiger partial charge in [-0.15, -0.1) is 0 Å². The van der Waals surface area contributed by atoms with Crippen LogP contribution in [-0.2, 0) is 6.42 Å². The Morgan fingerprint density at radius 3 is 2.67 bits per heavy atom. The molecular weight excluding hydrogens is 343 g/mol. The molecule has 1 N–H and O–H groups in total. The molecule has 1 aromatic heterocycles. The lowest BCUT2D eigenvalue weighted by Crippen LogP contribution is -2.60. The van der Waals surface area contributed by atoms with E-state index in [2.05, 4.69) is 20.0 Å². The van der Waals surface area contributed by atoms with Crippen molar-refractivity contribution in [2.75, 3.05) is 19.6 Å². The topological polar surface area (TPSA) is 52.2 Å². The highest BCUT2D eigenvalue weighted by molar-refractivity contribution is 5.95. The number of fused-ring (bicyclic) bond motifs is 2. The summed E-state index contributed by atoms with van der Waals surface area (Å²) in [5.41, 5.74) is 2.74. The number of nitrogens with zero attached hydrogens (tertiary/aromatic N) is 3. The number of hydrogen-bond acceptors (Lipinski definition) is 3. The Morgan fingerprint density at radius 1 is 1.22 bits per heavy atom. The van der Waals surface area contributed by atoms with Crippen molar-refractivity contribution >= 4 is 5.91 Å². The fourth-order valence-electron chi connectivity index (χ4n) is 5.58. The van der Waals surface area contributed by atoms with Crippen LogP contribution < -0.4 is 0 Å². The molecule has 27 heavy (non-hydrogen) atoms. The molecule has 1 aromatic carbocycles. The average molecular weight is 368 g/mol. The molecule has 0 spiro atoms. The smallest absolute Gasteiger partial charge is 0.257 e. The number of likely N-dealkylation sites (tertiary alicyclic amines) is 1. The van der Waals surface area contributed by atoms with Crippen LogP contribution in [0.2, 0.25) is 0 Å². The molecule has 3 atom stereocenters. The number of aromatic amines is 1. The highest BCUT2D eigenvalue weighted by atomic mass is 19.1. The van der Waals surface area contributed by atoms with Crippen LogP contribution >= 0.6 is 0 Å². The van der Waals surface area contributed by atoms with Crippen molar-refractivity contribution in [2.45, 2.75) is 44.2 Å². The van der Waals surface area contributed by atoms with Crippen molar-refractivity contribution in [3.63, 3.8) is 0 Å². The van der Waals surface area contributed by atoms with Crippen molar-refractivity contribution < 1.29 is 9.18 Å². The molecule has 6 rings (SSSR count). The molecule has 4 aliphatic rings. The number of nitrogens with one attached hydrogen (secondary N) is 1. The van der Waals surface area contributed by atoms with E-state index < -0.39 is 0 Å². The van der Waals surface area contributed by atoms with Crippen molar-refractivity contribution in [3.8, 4) is 0 Å². The number of rotatable bonds is 3. The minimum absolute atomic E-state index is 0.0916. The Hall–Kier alpha value is -2.21. The van der Waals surface area contributed by atoms with Gasteiger partial charge in [-0.2, -0.15) is 5.10 Å². The predicted molar refractivity (Wildman–Crippen MR) is 100 cm³/mol. The quantitative estimate of drug-likeness (QED) is 0.906. The Bertz CT molecular complexity index is 840. The second-order valence-electron chi connectivity index (χ2n) is 8.09. The molecule has 142 valence electrons. The summed E-state index contributed by atoms with van der Waals surface area (Å²) >= 11 is 0. The molecule has 2 bridgehead atoms. The second-order valence-corrected chi connectivity index (χ2v) is 8.09. The van der Waals surface area contributed by atoms with Gasteiger partial charge in [0.05, 0.1) is 17.8 Å². The van der Waals surface area contributed by atoms with Crippen molar-refractivity contribution in [1.29, 1.82) is 0 Å². The number of carbonyl (C=O) groups is 1. The summed E-state index contributed by atoms with van der Waals surface area (Å²) in [5, 5.41) is 7.07. The summed E-state index contributed by atoms with van der Waals surface area (Å²) < 4.78 is 13.4. The summed E-state index contributed by atoms with van der Waals surface area (Å²) in [5.74, 6) is 0.678. The molecular formula is C21H25FN4O. The number of benzene rings is 1. The number of amides is 1. The van der Waals surface area contributed by atoms with Crippen molar-refractivity contribution in [2.24, 2.45) is 5.92 Å². The second kappa shape index (κ2) is 6.44. The number of aryl methyl sites for hydroxylation is 1. The maximum absolute atomic E-state index is 13.4. The highest BCUT2D eigenvalue weighted by Crippen LogP contribution is 2.47. The van der Waals surface area contributed by atoms with E-state index in [0.717, 1.165) is 43.6 Å². The third-order valence-electron chi connectivity index (χ3n) is 6.86. The first-order valence-corrected chi connectivity index (χ1v) is 10.00. The van der Waals surface area contributed by atoms with Gasteiger partial charge in [0.25, 0.3) is 5.91 Å². The first-order valence-electron chi connectivity index (χ1n) is 10.00. The Labute approximate surface area is 158 Å². The van der Waals surface area contributed by atoms with Crippen LogP contribution in [0.5, 0.6) is 0 Å². The summed E-state index contributed by atoms with van der Waals surface area (Å²) in [6.45, 7) is 4.95. The van der Waals surface area contributed by atoms with Crippen LogP contribution in [0, 0.1) is 11.7 Å². The fraction of sp³-hybridized carbons (Fsp3) is 0.524. The normalized spacial score (nSPS) is 31.9. The zero-order chi connectivity index (χ0) is 18.5. The van der Waals surface area contributed by atoms with E-state index in [0.29, 0.717) is 24.1 Å². The van der Waals surface area contributed by atoms with Crippen LogP contribution in [0.15, 0.2) is 30.5 Å². The Morgan fingerprint density at radius 2 is 1.96 bits per heavy atom. The molecule has 1 amide bonds. The zero-order valence-corrected chi connectivity index (χ0v) is 15.6. The number of halogens is 1.